The highest BCUT2D eigenvalue weighted by molar-refractivity contribution is 9.10. The molecule has 0 saturated heterocycles. The van der Waals surface area contributed by atoms with Crippen LogP contribution in [0.4, 0.5) is 0 Å². The highest BCUT2D eigenvalue weighted by Gasteiger charge is 2.10. The average Bonchev–Trinajstić information content (AvgIpc) is 2.60. The fourth-order valence-corrected chi connectivity index (χ4v) is 2.22. The number of benzene rings is 1. The number of hydrogen-bond acceptors (Lipinski definition) is 3. The van der Waals surface area contributed by atoms with Crippen LogP contribution < -0.4 is 5.73 Å². The topological polar surface area (TPSA) is 56.7 Å². The molecule has 0 fully saturated rings. The molecule has 84 valence electrons. The van der Waals surface area contributed by atoms with Crippen molar-refractivity contribution in [1.29, 1.82) is 0 Å². The molecule has 0 atom stereocenters. The maximum absolute atomic E-state index is 5.58. The Morgan fingerprint density at radius 3 is 2.69 bits per heavy atom. The van der Waals surface area contributed by atoms with Crippen LogP contribution >= 0.6 is 15.9 Å². The van der Waals surface area contributed by atoms with E-state index in [4.69, 9.17) is 5.73 Å². The predicted molar refractivity (Wildman–Crippen MR) is 66.4 cm³/mol. The van der Waals surface area contributed by atoms with E-state index in [0.717, 1.165) is 21.5 Å². The van der Waals surface area contributed by atoms with Crippen molar-refractivity contribution in [3.8, 4) is 5.69 Å². The van der Waals surface area contributed by atoms with Gasteiger partial charge < -0.3 is 5.73 Å². The molecule has 1 aromatic heterocycles. The van der Waals surface area contributed by atoms with E-state index in [0.29, 0.717) is 6.54 Å². The van der Waals surface area contributed by atoms with E-state index in [1.165, 1.54) is 5.56 Å². The van der Waals surface area contributed by atoms with E-state index in [2.05, 4.69) is 32.3 Å². The molecule has 0 radical (unpaired) electrons. The van der Waals surface area contributed by atoms with Gasteiger partial charge in [-0.1, -0.05) is 11.3 Å². The van der Waals surface area contributed by atoms with Crippen molar-refractivity contribution >= 4 is 15.9 Å². The maximum Gasteiger partial charge on any atom is 0.0996 e. The summed E-state index contributed by atoms with van der Waals surface area (Å²) in [5.74, 6) is 0. The van der Waals surface area contributed by atoms with E-state index in [1.807, 2.05) is 26.0 Å². The summed E-state index contributed by atoms with van der Waals surface area (Å²) in [5.41, 5.74) is 9.56. The Labute approximate surface area is 103 Å². The zero-order chi connectivity index (χ0) is 11.7. The van der Waals surface area contributed by atoms with E-state index >= 15 is 0 Å². The third-order valence-corrected chi connectivity index (χ3v) is 3.15. The van der Waals surface area contributed by atoms with Crippen LogP contribution in [0.25, 0.3) is 5.69 Å². The summed E-state index contributed by atoms with van der Waals surface area (Å²) < 4.78 is 2.80. The lowest BCUT2D eigenvalue weighted by Crippen LogP contribution is -2.02. The lowest BCUT2D eigenvalue weighted by atomic mass is 10.2. The monoisotopic (exact) mass is 280 g/mol. The molecule has 0 saturated carbocycles. The standard InChI is InChI=1S/C11H13BrN4/c1-7-3-4-11(9(12)5-7)16-8(2)10(6-13)14-15-16/h3-5H,6,13H2,1-2H3. The third kappa shape index (κ3) is 1.88. The van der Waals surface area contributed by atoms with Crippen molar-refractivity contribution in [2.75, 3.05) is 0 Å². The second-order valence-electron chi connectivity index (χ2n) is 3.69. The molecule has 2 rings (SSSR count). The van der Waals surface area contributed by atoms with Crippen LogP contribution in [0.2, 0.25) is 0 Å². The van der Waals surface area contributed by atoms with Crippen LogP contribution in [0.3, 0.4) is 0 Å². The Kier molecular flexibility index (Phi) is 3.07. The smallest absolute Gasteiger partial charge is 0.0996 e. The maximum atomic E-state index is 5.58. The number of hydrogen-bond donors (Lipinski definition) is 1. The molecule has 0 aliphatic heterocycles. The summed E-state index contributed by atoms with van der Waals surface area (Å²) >= 11 is 3.53. The minimum atomic E-state index is 0.412. The molecule has 1 aromatic carbocycles. The molecule has 0 aliphatic rings. The second kappa shape index (κ2) is 4.35. The number of rotatable bonds is 2. The van der Waals surface area contributed by atoms with E-state index in [-0.39, 0.29) is 0 Å². The first-order chi connectivity index (χ1) is 7.63. The predicted octanol–water partition coefficient (Wildman–Crippen LogP) is 2.11. The molecule has 0 bridgehead atoms. The molecule has 2 N–H and O–H groups in total. The molecule has 0 amide bonds. The van der Waals surface area contributed by atoms with Gasteiger partial charge in [-0.25, -0.2) is 4.68 Å². The molecule has 4 nitrogen and oxygen atoms in total. The van der Waals surface area contributed by atoms with Crippen molar-refractivity contribution in [1.82, 2.24) is 15.0 Å². The molecule has 0 aliphatic carbocycles. The van der Waals surface area contributed by atoms with E-state index < -0.39 is 0 Å². The number of halogens is 1. The normalized spacial score (nSPS) is 10.8. The average molecular weight is 281 g/mol. The lowest BCUT2D eigenvalue weighted by Gasteiger charge is -2.06. The van der Waals surface area contributed by atoms with Gasteiger partial charge in [-0.15, -0.1) is 5.10 Å². The lowest BCUT2D eigenvalue weighted by molar-refractivity contribution is 0.780. The van der Waals surface area contributed by atoms with Crippen molar-refractivity contribution in [3.05, 3.63) is 39.6 Å². The Morgan fingerprint density at radius 1 is 1.38 bits per heavy atom. The Balaban J connectivity index is 2.54. The van der Waals surface area contributed by atoms with Gasteiger partial charge in [-0.05, 0) is 47.5 Å². The van der Waals surface area contributed by atoms with Gasteiger partial charge in [0.05, 0.1) is 17.1 Å². The number of aryl methyl sites for hydroxylation is 1. The highest BCUT2D eigenvalue weighted by atomic mass is 79.9. The van der Waals surface area contributed by atoms with Gasteiger partial charge in [-0.3, -0.25) is 0 Å². The SMILES string of the molecule is Cc1ccc(-n2nnc(CN)c2C)c(Br)c1. The van der Waals surface area contributed by atoms with Crippen LogP contribution in [-0.4, -0.2) is 15.0 Å². The number of nitrogens with two attached hydrogens (primary N) is 1. The quantitative estimate of drug-likeness (QED) is 0.917. The minimum absolute atomic E-state index is 0.412. The zero-order valence-corrected chi connectivity index (χ0v) is 10.8. The Morgan fingerprint density at radius 2 is 2.12 bits per heavy atom. The summed E-state index contributed by atoms with van der Waals surface area (Å²) in [7, 11) is 0. The molecule has 0 spiro atoms. The minimum Gasteiger partial charge on any atom is -0.325 e. The van der Waals surface area contributed by atoms with Crippen molar-refractivity contribution < 1.29 is 0 Å². The molecule has 2 aromatic rings. The van der Waals surface area contributed by atoms with E-state index in [1.54, 1.807) is 4.68 Å². The van der Waals surface area contributed by atoms with Gasteiger partial charge in [0.1, 0.15) is 0 Å². The van der Waals surface area contributed by atoms with Gasteiger partial charge in [0.25, 0.3) is 0 Å². The van der Waals surface area contributed by atoms with Crippen LogP contribution in [0.5, 0.6) is 0 Å². The molecule has 1 heterocycles. The number of aromatic nitrogens is 3. The highest BCUT2D eigenvalue weighted by Crippen LogP contribution is 2.23. The first-order valence-corrected chi connectivity index (χ1v) is 5.80. The summed E-state index contributed by atoms with van der Waals surface area (Å²) in [6.45, 7) is 4.43. The van der Waals surface area contributed by atoms with Gasteiger partial charge in [-0.2, -0.15) is 0 Å². The van der Waals surface area contributed by atoms with Crippen molar-refractivity contribution in [2.24, 2.45) is 5.73 Å². The van der Waals surface area contributed by atoms with Crippen LogP contribution in [0.1, 0.15) is 17.0 Å². The summed E-state index contributed by atoms with van der Waals surface area (Å²) in [6.07, 6.45) is 0. The first kappa shape index (κ1) is 11.3. The molecular formula is C11H13BrN4. The van der Waals surface area contributed by atoms with Crippen LogP contribution in [0.15, 0.2) is 22.7 Å². The molecular weight excluding hydrogens is 268 g/mol. The summed E-state index contributed by atoms with van der Waals surface area (Å²) in [5, 5.41) is 8.15. The fourth-order valence-electron chi connectivity index (χ4n) is 1.56. The van der Waals surface area contributed by atoms with Gasteiger partial charge in [0, 0.05) is 11.0 Å². The largest absolute Gasteiger partial charge is 0.325 e. The van der Waals surface area contributed by atoms with Crippen molar-refractivity contribution in [2.45, 2.75) is 20.4 Å². The van der Waals surface area contributed by atoms with Gasteiger partial charge in [0.2, 0.25) is 0 Å². The summed E-state index contributed by atoms with van der Waals surface area (Å²) in [4.78, 5) is 0. The van der Waals surface area contributed by atoms with E-state index in [9.17, 15) is 0 Å². The molecule has 0 unspecified atom stereocenters. The molecule has 5 heteroatoms. The zero-order valence-electron chi connectivity index (χ0n) is 9.24. The first-order valence-electron chi connectivity index (χ1n) is 5.01. The Hall–Kier alpha value is -1.20. The van der Waals surface area contributed by atoms with Gasteiger partial charge in [0.15, 0.2) is 0 Å². The summed E-state index contributed by atoms with van der Waals surface area (Å²) in [6, 6.07) is 6.11. The fraction of sp³-hybridized carbons (Fsp3) is 0.273. The second-order valence-corrected chi connectivity index (χ2v) is 4.55. The third-order valence-electron chi connectivity index (χ3n) is 2.51. The van der Waals surface area contributed by atoms with Gasteiger partial charge >= 0.3 is 0 Å². The number of nitrogens with zero attached hydrogens (tertiary/aromatic N) is 3. The van der Waals surface area contributed by atoms with Crippen LogP contribution in [-0.2, 0) is 6.54 Å². The molecule has 16 heavy (non-hydrogen) atoms. The van der Waals surface area contributed by atoms with Crippen molar-refractivity contribution in [3.63, 3.8) is 0 Å². The Bertz CT molecular complexity index is 519. The van der Waals surface area contributed by atoms with Crippen LogP contribution in [0, 0.1) is 13.8 Å².